The van der Waals surface area contributed by atoms with E-state index in [1.807, 2.05) is 0 Å². The van der Waals surface area contributed by atoms with Crippen LogP contribution in [0.25, 0.3) is 0 Å². The fraction of sp³-hybridized carbons (Fsp3) is 0.250. The van der Waals surface area contributed by atoms with Gasteiger partial charge < -0.3 is 0 Å². The van der Waals surface area contributed by atoms with Crippen LogP contribution in [0.15, 0.2) is 36.4 Å². The van der Waals surface area contributed by atoms with Gasteiger partial charge in [0.15, 0.2) is 0 Å². The summed E-state index contributed by atoms with van der Waals surface area (Å²) in [5, 5.41) is -1.06. The molecule has 0 fully saturated rings. The zero-order chi connectivity index (χ0) is 19.9. The second-order valence-corrected chi connectivity index (χ2v) is 6.76. The summed E-state index contributed by atoms with van der Waals surface area (Å²) in [4.78, 5) is 0. The quantitative estimate of drug-likeness (QED) is 0.446. The lowest BCUT2D eigenvalue weighted by Gasteiger charge is -2.18. The van der Waals surface area contributed by atoms with E-state index in [4.69, 9.17) is 0 Å². The Kier molecular flexibility index (Phi) is 5.34. The molecule has 0 bridgehead atoms. The van der Waals surface area contributed by atoms with Gasteiger partial charge in [-0.3, -0.25) is 0 Å². The van der Waals surface area contributed by atoms with Gasteiger partial charge >= 0.3 is 18.5 Å². The van der Waals surface area contributed by atoms with Crippen LogP contribution in [-0.2, 0) is 18.5 Å². The smallest absolute Gasteiger partial charge is 0.166 e. The molecule has 0 nitrogen and oxygen atoms in total. The van der Waals surface area contributed by atoms with Crippen molar-refractivity contribution in [3.8, 4) is 0 Å². The highest BCUT2D eigenvalue weighted by atomic mass is 31.1. The van der Waals surface area contributed by atoms with Gasteiger partial charge in [-0.05, 0) is 35.7 Å². The maximum Gasteiger partial charge on any atom is 0.417 e. The second kappa shape index (κ2) is 6.76. The van der Waals surface area contributed by atoms with Crippen molar-refractivity contribution in [1.82, 2.24) is 0 Å². The summed E-state index contributed by atoms with van der Waals surface area (Å²) in [6, 6.07) is 4.05. The minimum absolute atomic E-state index is 0.0796. The third kappa shape index (κ3) is 4.69. The Labute approximate surface area is 143 Å². The van der Waals surface area contributed by atoms with Crippen LogP contribution in [-0.4, -0.2) is 0 Å². The van der Waals surface area contributed by atoms with E-state index in [0.717, 1.165) is 12.1 Å². The average molecular weight is 404 g/mol. The standard InChI is InChI=1S/C16H10F9P/c1-8-2-4-12(10(6-8)15(20,21)22)26-13-5-3-9(14(17,18)19)7-11(13)16(23,24)25/h2-7,26H,1H3. The van der Waals surface area contributed by atoms with Crippen molar-refractivity contribution in [3.63, 3.8) is 0 Å². The van der Waals surface area contributed by atoms with E-state index in [2.05, 4.69) is 0 Å². The highest BCUT2D eigenvalue weighted by Crippen LogP contribution is 2.38. The fourth-order valence-electron chi connectivity index (χ4n) is 2.21. The van der Waals surface area contributed by atoms with Gasteiger partial charge in [-0.2, -0.15) is 39.5 Å². The van der Waals surface area contributed by atoms with Crippen molar-refractivity contribution < 1.29 is 39.5 Å². The topological polar surface area (TPSA) is 0 Å². The van der Waals surface area contributed by atoms with Gasteiger partial charge in [-0.25, -0.2) is 0 Å². The Balaban J connectivity index is 2.58. The van der Waals surface area contributed by atoms with E-state index in [-0.39, 0.29) is 11.6 Å². The fourth-order valence-corrected chi connectivity index (χ4v) is 3.53. The molecule has 0 amide bonds. The monoisotopic (exact) mass is 404 g/mol. The lowest BCUT2D eigenvalue weighted by atomic mass is 10.1. The van der Waals surface area contributed by atoms with Gasteiger partial charge in [0.2, 0.25) is 0 Å². The van der Waals surface area contributed by atoms with Crippen molar-refractivity contribution >= 4 is 19.2 Å². The number of halogens is 9. The molecule has 0 radical (unpaired) electrons. The molecule has 2 rings (SSSR count). The Morgan fingerprint density at radius 3 is 1.54 bits per heavy atom. The lowest BCUT2D eigenvalue weighted by Crippen LogP contribution is -2.23. The number of benzene rings is 2. The van der Waals surface area contributed by atoms with Gasteiger partial charge in [0, 0.05) is 0 Å². The molecule has 0 aromatic heterocycles. The first kappa shape index (κ1) is 20.6. The molecule has 0 saturated heterocycles. The largest absolute Gasteiger partial charge is 0.417 e. The Bertz CT molecular complexity index is 801. The Hall–Kier alpha value is -1.76. The first-order chi connectivity index (χ1) is 11.7. The van der Waals surface area contributed by atoms with E-state index in [9.17, 15) is 39.5 Å². The molecule has 0 heterocycles. The molecular formula is C16H10F9P. The SMILES string of the molecule is Cc1ccc(Pc2ccc(C(F)(F)F)cc2C(F)(F)F)c(C(F)(F)F)c1. The number of hydrogen-bond acceptors (Lipinski definition) is 0. The van der Waals surface area contributed by atoms with Crippen LogP contribution in [0.2, 0.25) is 0 Å². The molecule has 2 aromatic rings. The number of alkyl halides is 9. The van der Waals surface area contributed by atoms with Crippen LogP contribution in [0.5, 0.6) is 0 Å². The first-order valence-corrected chi connectivity index (χ1v) is 7.93. The second-order valence-electron chi connectivity index (χ2n) is 5.43. The van der Waals surface area contributed by atoms with Crippen molar-refractivity contribution in [3.05, 3.63) is 58.7 Å². The predicted molar refractivity (Wildman–Crippen MR) is 80.2 cm³/mol. The molecule has 0 saturated carbocycles. The minimum atomic E-state index is -5.13. The molecule has 1 unspecified atom stereocenters. The van der Waals surface area contributed by atoms with Crippen molar-refractivity contribution in [1.29, 1.82) is 0 Å². The number of hydrogen-bond donors (Lipinski definition) is 0. The van der Waals surface area contributed by atoms with E-state index in [0.29, 0.717) is 12.1 Å². The van der Waals surface area contributed by atoms with Crippen LogP contribution in [0.3, 0.4) is 0 Å². The molecule has 2 aromatic carbocycles. The van der Waals surface area contributed by atoms with Crippen LogP contribution in [0.1, 0.15) is 22.3 Å². The molecule has 0 spiro atoms. The van der Waals surface area contributed by atoms with Gasteiger partial charge in [-0.1, -0.05) is 32.3 Å². The molecule has 26 heavy (non-hydrogen) atoms. The third-order valence-electron chi connectivity index (χ3n) is 3.40. The minimum Gasteiger partial charge on any atom is -0.166 e. The Morgan fingerprint density at radius 1 is 0.615 bits per heavy atom. The highest BCUT2D eigenvalue weighted by molar-refractivity contribution is 7.55. The average Bonchev–Trinajstić information content (AvgIpc) is 2.46. The summed E-state index contributed by atoms with van der Waals surface area (Å²) in [5.74, 6) is 0. The normalized spacial score (nSPS) is 13.6. The maximum absolute atomic E-state index is 13.1. The van der Waals surface area contributed by atoms with E-state index < -0.39 is 54.4 Å². The van der Waals surface area contributed by atoms with Gasteiger partial charge in [0.25, 0.3) is 0 Å². The molecule has 0 aliphatic carbocycles. The number of aryl methyl sites for hydroxylation is 1. The number of rotatable bonds is 2. The lowest BCUT2D eigenvalue weighted by molar-refractivity contribution is -0.142. The summed E-state index contributed by atoms with van der Waals surface area (Å²) in [6.07, 6.45) is -14.9. The first-order valence-electron chi connectivity index (χ1n) is 6.93. The Morgan fingerprint density at radius 2 is 1.08 bits per heavy atom. The summed E-state index contributed by atoms with van der Waals surface area (Å²) in [6.45, 7) is 1.39. The van der Waals surface area contributed by atoms with Gasteiger partial charge in [0.05, 0.1) is 16.7 Å². The van der Waals surface area contributed by atoms with Crippen LogP contribution >= 0.6 is 8.58 Å². The van der Waals surface area contributed by atoms with Crippen LogP contribution < -0.4 is 10.6 Å². The summed E-state index contributed by atoms with van der Waals surface area (Å²) in [5.41, 5.74) is -3.96. The summed E-state index contributed by atoms with van der Waals surface area (Å²) in [7, 11) is -1.11. The molecule has 10 heteroatoms. The van der Waals surface area contributed by atoms with Gasteiger partial charge in [0.1, 0.15) is 0 Å². The maximum atomic E-state index is 13.1. The summed E-state index contributed by atoms with van der Waals surface area (Å²) < 4.78 is 117. The highest BCUT2D eigenvalue weighted by Gasteiger charge is 2.39. The molecule has 0 aliphatic rings. The van der Waals surface area contributed by atoms with E-state index >= 15 is 0 Å². The van der Waals surface area contributed by atoms with Crippen LogP contribution in [0, 0.1) is 6.92 Å². The van der Waals surface area contributed by atoms with Crippen LogP contribution in [0.4, 0.5) is 39.5 Å². The predicted octanol–water partition coefficient (Wildman–Crippen LogP) is 5.68. The summed E-state index contributed by atoms with van der Waals surface area (Å²) >= 11 is 0. The van der Waals surface area contributed by atoms with Gasteiger partial charge in [-0.15, -0.1) is 0 Å². The molecule has 1 atom stereocenters. The zero-order valence-corrected chi connectivity index (χ0v) is 13.9. The zero-order valence-electron chi connectivity index (χ0n) is 12.9. The van der Waals surface area contributed by atoms with Crippen molar-refractivity contribution in [2.24, 2.45) is 0 Å². The van der Waals surface area contributed by atoms with E-state index in [1.54, 1.807) is 0 Å². The third-order valence-corrected chi connectivity index (χ3v) is 4.81. The van der Waals surface area contributed by atoms with Crippen molar-refractivity contribution in [2.75, 3.05) is 0 Å². The van der Waals surface area contributed by atoms with E-state index in [1.165, 1.54) is 13.0 Å². The molecular weight excluding hydrogens is 394 g/mol. The molecule has 0 N–H and O–H groups in total. The van der Waals surface area contributed by atoms with Crippen molar-refractivity contribution in [2.45, 2.75) is 25.5 Å². The molecule has 0 aliphatic heterocycles. The molecule has 142 valence electrons.